The molecule has 2 amide bonds. The van der Waals surface area contributed by atoms with Crippen molar-refractivity contribution < 1.29 is 9.59 Å². The van der Waals surface area contributed by atoms with Crippen molar-refractivity contribution in [3.8, 4) is 0 Å². The number of rotatable bonds is 8. The summed E-state index contributed by atoms with van der Waals surface area (Å²) in [6.07, 6.45) is 5.21. The second-order valence-electron chi connectivity index (χ2n) is 7.61. The first-order valence-corrected chi connectivity index (χ1v) is 10.6. The van der Waals surface area contributed by atoms with E-state index in [9.17, 15) is 9.59 Å². The van der Waals surface area contributed by atoms with Gasteiger partial charge in [-0.1, -0.05) is 37.6 Å². The van der Waals surface area contributed by atoms with Crippen molar-refractivity contribution in [1.82, 2.24) is 15.2 Å². The van der Waals surface area contributed by atoms with E-state index in [0.717, 1.165) is 35.2 Å². The molecule has 3 aromatic rings. The fourth-order valence-corrected chi connectivity index (χ4v) is 3.75. The molecule has 4 rings (SSSR count). The van der Waals surface area contributed by atoms with E-state index in [2.05, 4.69) is 22.5 Å². The van der Waals surface area contributed by atoms with Crippen LogP contribution in [0.25, 0.3) is 0 Å². The molecular weight excluding hydrogens is 388 g/mol. The number of carbonyl (C=O) groups is 2. The zero-order valence-corrected chi connectivity index (χ0v) is 17.5. The van der Waals surface area contributed by atoms with Crippen LogP contribution in [0.3, 0.4) is 0 Å². The van der Waals surface area contributed by atoms with Crippen LogP contribution >= 0.6 is 0 Å². The topological polar surface area (TPSA) is 74.3 Å². The Labute approximate surface area is 182 Å². The van der Waals surface area contributed by atoms with Gasteiger partial charge in [-0.05, 0) is 48.4 Å². The van der Waals surface area contributed by atoms with Gasteiger partial charge in [-0.2, -0.15) is 0 Å². The standard InChI is InChI=1S/C25H26N4O2/c1-2-3-15-29-23(21-8-4-5-9-22(21)25(29)31)28-20-12-10-19(11-13-20)24(30)27-17-18-7-6-14-26-16-18/h4-14,16,23,28H,2-3,15,17H2,1H3,(H,27,30). The molecule has 2 aromatic carbocycles. The number of nitrogens with one attached hydrogen (secondary N) is 2. The Balaban J connectivity index is 1.45. The quantitative estimate of drug-likeness (QED) is 0.574. The van der Waals surface area contributed by atoms with Crippen molar-refractivity contribution in [3.05, 3.63) is 95.3 Å². The molecule has 0 fully saturated rings. The molecule has 1 atom stereocenters. The molecule has 2 heterocycles. The van der Waals surface area contributed by atoms with E-state index >= 15 is 0 Å². The highest BCUT2D eigenvalue weighted by Gasteiger charge is 2.35. The summed E-state index contributed by atoms with van der Waals surface area (Å²) in [5.41, 5.74) is 4.13. The second-order valence-corrected chi connectivity index (χ2v) is 7.61. The van der Waals surface area contributed by atoms with Crippen molar-refractivity contribution >= 4 is 17.5 Å². The highest BCUT2D eigenvalue weighted by molar-refractivity contribution is 5.99. The van der Waals surface area contributed by atoms with Gasteiger partial charge < -0.3 is 15.5 Å². The smallest absolute Gasteiger partial charge is 0.256 e. The van der Waals surface area contributed by atoms with Gasteiger partial charge in [0.2, 0.25) is 0 Å². The number of pyridine rings is 1. The van der Waals surface area contributed by atoms with Crippen molar-refractivity contribution in [1.29, 1.82) is 0 Å². The fraction of sp³-hybridized carbons (Fsp3) is 0.240. The van der Waals surface area contributed by atoms with Crippen LogP contribution < -0.4 is 10.6 Å². The third kappa shape index (κ3) is 4.58. The Morgan fingerprint density at radius 2 is 1.87 bits per heavy atom. The summed E-state index contributed by atoms with van der Waals surface area (Å²) in [7, 11) is 0. The minimum atomic E-state index is -0.208. The summed E-state index contributed by atoms with van der Waals surface area (Å²) in [5, 5.41) is 6.38. The fourth-order valence-electron chi connectivity index (χ4n) is 3.75. The molecular formula is C25H26N4O2. The molecule has 0 saturated heterocycles. The van der Waals surface area contributed by atoms with Gasteiger partial charge in [0.25, 0.3) is 11.8 Å². The van der Waals surface area contributed by atoms with Gasteiger partial charge in [-0.3, -0.25) is 14.6 Å². The van der Waals surface area contributed by atoms with E-state index in [-0.39, 0.29) is 18.0 Å². The molecule has 1 aliphatic rings. The summed E-state index contributed by atoms with van der Waals surface area (Å²) >= 11 is 0. The van der Waals surface area contributed by atoms with Crippen LogP contribution in [-0.2, 0) is 6.54 Å². The highest BCUT2D eigenvalue weighted by Crippen LogP contribution is 2.34. The minimum absolute atomic E-state index is 0.0629. The third-order valence-electron chi connectivity index (χ3n) is 5.44. The van der Waals surface area contributed by atoms with Gasteiger partial charge in [0.05, 0.1) is 0 Å². The Morgan fingerprint density at radius 3 is 2.61 bits per heavy atom. The molecule has 6 heteroatoms. The lowest BCUT2D eigenvalue weighted by Crippen LogP contribution is -2.33. The van der Waals surface area contributed by atoms with Gasteiger partial charge in [0.1, 0.15) is 6.17 Å². The lowest BCUT2D eigenvalue weighted by Gasteiger charge is -2.27. The van der Waals surface area contributed by atoms with E-state index in [4.69, 9.17) is 0 Å². The Kier molecular flexibility index (Phi) is 6.26. The second kappa shape index (κ2) is 9.43. The lowest BCUT2D eigenvalue weighted by atomic mass is 10.1. The number of hydrogen-bond donors (Lipinski definition) is 2. The molecule has 31 heavy (non-hydrogen) atoms. The predicted octanol–water partition coefficient (Wildman–Crippen LogP) is 4.38. The first-order chi connectivity index (χ1) is 15.2. The predicted molar refractivity (Wildman–Crippen MR) is 121 cm³/mol. The van der Waals surface area contributed by atoms with Crippen molar-refractivity contribution in [2.45, 2.75) is 32.5 Å². The maximum absolute atomic E-state index is 12.9. The average molecular weight is 415 g/mol. The van der Waals surface area contributed by atoms with Crippen molar-refractivity contribution in [2.75, 3.05) is 11.9 Å². The number of carbonyl (C=O) groups excluding carboxylic acids is 2. The molecule has 1 unspecified atom stereocenters. The number of fused-ring (bicyclic) bond motifs is 1. The molecule has 0 spiro atoms. The van der Waals surface area contributed by atoms with Crippen molar-refractivity contribution in [2.24, 2.45) is 0 Å². The maximum Gasteiger partial charge on any atom is 0.256 e. The van der Waals surface area contributed by atoms with Crippen LogP contribution in [-0.4, -0.2) is 28.2 Å². The first kappa shape index (κ1) is 20.6. The monoisotopic (exact) mass is 414 g/mol. The Hall–Kier alpha value is -3.67. The number of nitrogens with zero attached hydrogens (tertiary/aromatic N) is 2. The molecule has 1 aliphatic heterocycles. The summed E-state index contributed by atoms with van der Waals surface area (Å²) in [6, 6.07) is 18.8. The van der Waals surface area contributed by atoms with Crippen LogP contribution in [0.2, 0.25) is 0 Å². The normalized spacial score (nSPS) is 14.9. The van der Waals surface area contributed by atoms with E-state index in [0.29, 0.717) is 18.7 Å². The molecule has 0 radical (unpaired) electrons. The van der Waals surface area contributed by atoms with Gasteiger partial charge in [-0.15, -0.1) is 0 Å². The van der Waals surface area contributed by atoms with Crippen LogP contribution in [0.4, 0.5) is 5.69 Å². The molecule has 0 saturated carbocycles. The molecule has 1 aromatic heterocycles. The number of amides is 2. The Bertz CT molecular complexity index is 1050. The number of hydrogen-bond acceptors (Lipinski definition) is 4. The Morgan fingerprint density at radius 1 is 1.06 bits per heavy atom. The van der Waals surface area contributed by atoms with Crippen LogP contribution in [0.5, 0.6) is 0 Å². The molecule has 158 valence electrons. The van der Waals surface area contributed by atoms with Crippen LogP contribution in [0.15, 0.2) is 73.1 Å². The molecule has 2 N–H and O–H groups in total. The van der Waals surface area contributed by atoms with Crippen LogP contribution in [0.1, 0.15) is 57.8 Å². The van der Waals surface area contributed by atoms with Gasteiger partial charge >= 0.3 is 0 Å². The highest BCUT2D eigenvalue weighted by atomic mass is 16.2. The van der Waals surface area contributed by atoms with Gasteiger partial charge in [0.15, 0.2) is 0 Å². The van der Waals surface area contributed by atoms with E-state index in [1.807, 2.05) is 53.4 Å². The van der Waals surface area contributed by atoms with E-state index < -0.39 is 0 Å². The first-order valence-electron chi connectivity index (χ1n) is 10.6. The largest absolute Gasteiger partial charge is 0.361 e. The average Bonchev–Trinajstić information content (AvgIpc) is 3.08. The number of anilines is 1. The van der Waals surface area contributed by atoms with Crippen molar-refractivity contribution in [3.63, 3.8) is 0 Å². The molecule has 0 bridgehead atoms. The molecule has 0 aliphatic carbocycles. The van der Waals surface area contributed by atoms with Crippen LogP contribution in [0, 0.1) is 0 Å². The summed E-state index contributed by atoms with van der Waals surface area (Å²) in [5.74, 6) is -0.0747. The molecule has 6 nitrogen and oxygen atoms in total. The summed E-state index contributed by atoms with van der Waals surface area (Å²) in [6.45, 7) is 3.25. The van der Waals surface area contributed by atoms with E-state index in [1.165, 1.54) is 0 Å². The minimum Gasteiger partial charge on any atom is -0.361 e. The van der Waals surface area contributed by atoms with E-state index in [1.54, 1.807) is 24.5 Å². The van der Waals surface area contributed by atoms with Gasteiger partial charge in [-0.25, -0.2) is 0 Å². The zero-order valence-electron chi connectivity index (χ0n) is 17.5. The SMILES string of the molecule is CCCCN1C(=O)c2ccccc2C1Nc1ccc(C(=O)NCc2cccnc2)cc1. The lowest BCUT2D eigenvalue weighted by molar-refractivity contribution is 0.0740. The summed E-state index contributed by atoms with van der Waals surface area (Å²) in [4.78, 5) is 31.3. The zero-order chi connectivity index (χ0) is 21.6. The number of benzene rings is 2. The maximum atomic E-state index is 12.9. The van der Waals surface area contributed by atoms with Gasteiger partial charge in [0, 0.05) is 47.9 Å². The number of aromatic nitrogens is 1. The number of unbranched alkanes of at least 4 members (excludes halogenated alkanes) is 1. The summed E-state index contributed by atoms with van der Waals surface area (Å²) < 4.78 is 0. The third-order valence-corrected chi connectivity index (χ3v) is 5.44.